The molecule has 1 unspecified atom stereocenters. The first-order valence-corrected chi connectivity index (χ1v) is 11.3. The van der Waals surface area contributed by atoms with E-state index in [0.717, 1.165) is 64.0 Å². The van der Waals surface area contributed by atoms with Gasteiger partial charge in [-0.05, 0) is 32.3 Å². The van der Waals surface area contributed by atoms with Gasteiger partial charge in [0.05, 0.1) is 21.6 Å². The molecule has 1 N–H and O–H groups in total. The van der Waals surface area contributed by atoms with Crippen LogP contribution >= 0.6 is 11.6 Å². The minimum absolute atomic E-state index is 0.0473. The van der Waals surface area contributed by atoms with Gasteiger partial charge in [0.1, 0.15) is 5.75 Å². The number of nitro benzene ring substituents is 1. The first kappa shape index (κ1) is 24.4. The first-order chi connectivity index (χ1) is 14.3. The highest BCUT2D eigenvalue weighted by Gasteiger charge is 2.26. The Labute approximate surface area is 183 Å². The number of unbranched alkanes of at least 4 members (excludes halogenated alkanes) is 3. The number of halogens is 1. The maximum atomic E-state index is 13.0. The Hall–Kier alpha value is -1.86. The molecule has 0 radical (unpaired) electrons. The monoisotopic (exact) mass is 440 g/mol. The van der Waals surface area contributed by atoms with E-state index in [0.29, 0.717) is 0 Å². The third-order valence-corrected chi connectivity index (χ3v) is 5.96. The molecule has 0 aromatic heterocycles. The normalized spacial score (nSPS) is 15.6. The van der Waals surface area contributed by atoms with E-state index in [2.05, 4.69) is 6.92 Å². The van der Waals surface area contributed by atoms with Crippen LogP contribution < -0.4 is 4.74 Å². The molecule has 1 saturated carbocycles. The summed E-state index contributed by atoms with van der Waals surface area (Å²) in [5.41, 5.74) is -0.163. The zero-order chi connectivity index (χ0) is 22.1. The van der Waals surface area contributed by atoms with Crippen LogP contribution in [0.25, 0.3) is 0 Å². The number of ether oxygens (including phenoxy) is 1. The Morgan fingerprint density at radius 1 is 1.30 bits per heavy atom. The highest BCUT2D eigenvalue weighted by atomic mass is 35.5. The minimum Gasteiger partial charge on any atom is -0.482 e. The molecule has 0 saturated heterocycles. The van der Waals surface area contributed by atoms with Crippen LogP contribution in [0.5, 0.6) is 5.75 Å². The molecule has 0 aliphatic heterocycles. The van der Waals surface area contributed by atoms with E-state index in [1.165, 1.54) is 19.4 Å². The Kier molecular flexibility index (Phi) is 9.85. The Morgan fingerprint density at radius 2 is 2.00 bits per heavy atom. The number of nitro groups is 1. The molecule has 1 aromatic carbocycles. The summed E-state index contributed by atoms with van der Waals surface area (Å²) in [5, 5.41) is 21.1. The van der Waals surface area contributed by atoms with E-state index >= 15 is 0 Å². The third-order valence-electron chi connectivity index (χ3n) is 5.67. The smallest absolute Gasteiger partial charge is 0.276 e. The molecule has 1 aliphatic carbocycles. The van der Waals surface area contributed by atoms with E-state index in [4.69, 9.17) is 16.3 Å². The summed E-state index contributed by atoms with van der Waals surface area (Å²) < 4.78 is 5.67. The lowest BCUT2D eigenvalue weighted by Crippen LogP contribution is -2.44. The Bertz CT molecular complexity index is 720. The van der Waals surface area contributed by atoms with Gasteiger partial charge >= 0.3 is 0 Å². The summed E-state index contributed by atoms with van der Waals surface area (Å²) in [5.74, 6) is 0.0764. The number of carbonyl (C=O) groups excluding carboxylic acids is 1. The van der Waals surface area contributed by atoms with E-state index in [9.17, 15) is 20.0 Å². The van der Waals surface area contributed by atoms with Gasteiger partial charge < -0.3 is 14.7 Å². The van der Waals surface area contributed by atoms with Crippen molar-refractivity contribution in [3.63, 3.8) is 0 Å². The minimum atomic E-state index is -1.06. The van der Waals surface area contributed by atoms with E-state index < -0.39 is 11.0 Å². The largest absolute Gasteiger partial charge is 0.482 e. The molecule has 2 rings (SSSR count). The molecule has 0 spiro atoms. The fraction of sp³-hybridized carbons (Fsp3) is 0.682. The predicted octanol–water partition coefficient (Wildman–Crippen LogP) is 5.42. The topological polar surface area (TPSA) is 92.9 Å². The molecule has 1 aromatic rings. The number of hydrogen-bond acceptors (Lipinski definition) is 5. The van der Waals surface area contributed by atoms with E-state index in [1.807, 2.05) is 4.90 Å². The van der Waals surface area contributed by atoms with Crippen molar-refractivity contribution in [1.82, 2.24) is 4.90 Å². The fourth-order valence-electron chi connectivity index (χ4n) is 4.00. The van der Waals surface area contributed by atoms with E-state index in [1.54, 1.807) is 0 Å². The highest BCUT2D eigenvalue weighted by molar-refractivity contribution is 6.32. The van der Waals surface area contributed by atoms with Crippen molar-refractivity contribution in [2.75, 3.05) is 13.2 Å². The van der Waals surface area contributed by atoms with Crippen LogP contribution in [0, 0.1) is 10.1 Å². The maximum Gasteiger partial charge on any atom is 0.276 e. The molecule has 30 heavy (non-hydrogen) atoms. The lowest BCUT2D eigenvalue weighted by Gasteiger charge is -2.34. The molecular weight excluding hydrogens is 408 g/mol. The van der Waals surface area contributed by atoms with Crippen molar-refractivity contribution in [3.8, 4) is 5.75 Å². The summed E-state index contributed by atoms with van der Waals surface area (Å²) in [7, 11) is 0. The van der Waals surface area contributed by atoms with Crippen LogP contribution in [-0.4, -0.2) is 40.0 Å². The van der Waals surface area contributed by atoms with Crippen molar-refractivity contribution < 1.29 is 19.6 Å². The number of aliphatic hydroxyl groups is 1. The first-order valence-electron chi connectivity index (χ1n) is 10.9. The van der Waals surface area contributed by atoms with Crippen LogP contribution in [0.1, 0.15) is 83.3 Å². The lowest BCUT2D eigenvalue weighted by molar-refractivity contribution is -0.386. The summed E-state index contributed by atoms with van der Waals surface area (Å²) in [4.78, 5) is 25.5. The Morgan fingerprint density at radius 3 is 2.60 bits per heavy atom. The van der Waals surface area contributed by atoms with Crippen molar-refractivity contribution in [2.45, 2.75) is 83.8 Å². The molecule has 7 nitrogen and oxygen atoms in total. The quantitative estimate of drug-likeness (QED) is 0.281. The van der Waals surface area contributed by atoms with Gasteiger partial charge in [-0.3, -0.25) is 14.9 Å². The molecule has 168 valence electrons. The third kappa shape index (κ3) is 6.84. The van der Waals surface area contributed by atoms with Gasteiger partial charge in [-0.1, -0.05) is 57.0 Å². The predicted molar refractivity (Wildman–Crippen MR) is 117 cm³/mol. The van der Waals surface area contributed by atoms with Gasteiger partial charge in [0.25, 0.3) is 11.6 Å². The molecule has 1 fully saturated rings. The lowest BCUT2D eigenvalue weighted by atomic mass is 9.94. The molecule has 8 heteroatoms. The standard InChI is InChI=1S/C22H33ClN2O5/c1-3-4-5-9-12-24(17-10-7-6-8-11-17)22(27)15-30-21-13-18(16(2)26)20(25(28)29)14-19(21)23/h13-14,16-17,26H,3-12,15H2,1-2H3. The second kappa shape index (κ2) is 12.1. The second-order valence-electron chi connectivity index (χ2n) is 8.00. The average molecular weight is 441 g/mol. The van der Waals surface area contributed by atoms with Crippen LogP contribution in [0.2, 0.25) is 5.02 Å². The van der Waals surface area contributed by atoms with Gasteiger partial charge in [-0.2, -0.15) is 0 Å². The number of amides is 1. The zero-order valence-electron chi connectivity index (χ0n) is 17.9. The number of aliphatic hydroxyl groups excluding tert-OH is 1. The summed E-state index contributed by atoms with van der Waals surface area (Å²) in [6, 6.07) is 2.76. The van der Waals surface area contributed by atoms with Crippen LogP contribution in [0.4, 0.5) is 5.69 Å². The molecular formula is C22H33ClN2O5. The van der Waals surface area contributed by atoms with Crippen molar-refractivity contribution >= 4 is 23.2 Å². The number of carbonyl (C=O) groups is 1. The molecule has 0 bridgehead atoms. The van der Waals surface area contributed by atoms with Gasteiger partial charge in [-0.25, -0.2) is 0 Å². The van der Waals surface area contributed by atoms with Gasteiger partial charge in [0, 0.05) is 18.7 Å². The highest BCUT2D eigenvalue weighted by Crippen LogP contribution is 2.35. The maximum absolute atomic E-state index is 13.0. The number of benzene rings is 1. The number of rotatable bonds is 11. The van der Waals surface area contributed by atoms with Crippen molar-refractivity contribution in [2.24, 2.45) is 0 Å². The molecule has 1 amide bonds. The van der Waals surface area contributed by atoms with Crippen molar-refractivity contribution in [1.29, 1.82) is 0 Å². The average Bonchev–Trinajstić information content (AvgIpc) is 2.72. The Balaban J connectivity index is 2.09. The molecule has 0 heterocycles. The number of hydrogen-bond donors (Lipinski definition) is 1. The fourth-order valence-corrected chi connectivity index (χ4v) is 4.21. The number of nitrogens with zero attached hydrogens (tertiary/aromatic N) is 2. The molecule has 1 atom stereocenters. The zero-order valence-corrected chi connectivity index (χ0v) is 18.7. The van der Waals surface area contributed by atoms with Gasteiger partial charge in [0.15, 0.2) is 6.61 Å². The summed E-state index contributed by atoms with van der Waals surface area (Å²) in [6.07, 6.45) is 8.83. The molecule has 1 aliphatic rings. The van der Waals surface area contributed by atoms with Gasteiger partial charge in [-0.15, -0.1) is 0 Å². The van der Waals surface area contributed by atoms with E-state index in [-0.39, 0.29) is 40.6 Å². The van der Waals surface area contributed by atoms with Crippen LogP contribution in [0.15, 0.2) is 12.1 Å². The summed E-state index contributed by atoms with van der Waals surface area (Å²) >= 11 is 6.14. The van der Waals surface area contributed by atoms with Gasteiger partial charge in [0.2, 0.25) is 0 Å². The van der Waals surface area contributed by atoms with Crippen molar-refractivity contribution in [3.05, 3.63) is 32.8 Å². The van der Waals surface area contributed by atoms with Crippen LogP contribution in [0.3, 0.4) is 0 Å². The second-order valence-corrected chi connectivity index (χ2v) is 8.41. The summed E-state index contributed by atoms with van der Waals surface area (Å²) in [6.45, 7) is 4.14. The SMILES string of the molecule is CCCCCCN(C(=O)COc1cc(C(C)O)c([N+](=O)[O-])cc1Cl)C1CCCCC1. The van der Waals surface area contributed by atoms with Crippen LogP contribution in [-0.2, 0) is 4.79 Å².